The molecule has 0 aliphatic carbocycles. The van der Waals surface area contributed by atoms with E-state index in [4.69, 9.17) is 16.3 Å². The van der Waals surface area contributed by atoms with Gasteiger partial charge >= 0.3 is 0 Å². The second-order valence-electron chi connectivity index (χ2n) is 5.95. The number of ether oxygens (including phenoxy) is 1. The van der Waals surface area contributed by atoms with Gasteiger partial charge in [-0.15, -0.1) is 10.2 Å². The second-order valence-corrected chi connectivity index (χ2v) is 7.21. The summed E-state index contributed by atoms with van der Waals surface area (Å²) in [6.07, 6.45) is 0. The molecule has 6 nitrogen and oxygen atoms in total. The Hall–Kier alpha value is -2.90. The molecule has 0 saturated carbocycles. The fourth-order valence-electron chi connectivity index (χ4n) is 2.73. The maximum atomic E-state index is 12.5. The van der Waals surface area contributed by atoms with Crippen molar-refractivity contribution < 1.29 is 9.53 Å². The number of carbonyl (C=O) groups excluding carboxylic acids is 1. The van der Waals surface area contributed by atoms with Crippen LogP contribution in [0.3, 0.4) is 0 Å². The summed E-state index contributed by atoms with van der Waals surface area (Å²) < 4.78 is 5.90. The summed E-state index contributed by atoms with van der Waals surface area (Å²) in [7, 11) is 1.56. The first-order valence-corrected chi connectivity index (χ1v) is 9.49. The highest BCUT2D eigenvalue weighted by atomic mass is 79.9. The van der Waals surface area contributed by atoms with Crippen molar-refractivity contribution in [3.05, 3.63) is 75.7 Å². The van der Waals surface area contributed by atoms with Crippen molar-refractivity contribution in [1.82, 2.24) is 15.0 Å². The van der Waals surface area contributed by atoms with Gasteiger partial charge in [-0.2, -0.15) is 4.80 Å². The molecule has 0 unspecified atom stereocenters. The minimum Gasteiger partial charge on any atom is -0.495 e. The summed E-state index contributed by atoms with van der Waals surface area (Å²) in [5.74, 6) is 0.375. The highest BCUT2D eigenvalue weighted by molar-refractivity contribution is 9.10. The first-order valence-electron chi connectivity index (χ1n) is 8.32. The molecule has 0 aliphatic heterocycles. The van der Waals surface area contributed by atoms with Crippen LogP contribution in [0.25, 0.3) is 16.7 Å². The number of amides is 1. The summed E-state index contributed by atoms with van der Waals surface area (Å²) in [5.41, 5.74) is 3.25. The van der Waals surface area contributed by atoms with Crippen LogP contribution in [0.15, 0.2) is 65.1 Å². The maximum Gasteiger partial charge on any atom is 0.256 e. The zero-order valence-corrected chi connectivity index (χ0v) is 17.0. The number of hydrogen-bond acceptors (Lipinski definition) is 4. The minimum atomic E-state index is -0.207. The van der Waals surface area contributed by atoms with Crippen LogP contribution in [-0.4, -0.2) is 28.0 Å². The van der Waals surface area contributed by atoms with E-state index < -0.39 is 0 Å². The Morgan fingerprint density at radius 1 is 1.07 bits per heavy atom. The summed E-state index contributed by atoms with van der Waals surface area (Å²) in [5, 5.41) is 12.3. The Bertz CT molecular complexity index is 1190. The summed E-state index contributed by atoms with van der Waals surface area (Å²) in [6.45, 7) is 0. The lowest BCUT2D eigenvalue weighted by atomic mass is 10.2. The van der Waals surface area contributed by atoms with E-state index in [0.29, 0.717) is 38.7 Å². The first-order chi connectivity index (χ1) is 13.5. The van der Waals surface area contributed by atoms with Gasteiger partial charge in [0.2, 0.25) is 0 Å². The number of nitrogens with zero attached hydrogens (tertiary/aromatic N) is 3. The van der Waals surface area contributed by atoms with Crippen LogP contribution >= 0.6 is 27.5 Å². The van der Waals surface area contributed by atoms with Crippen LogP contribution in [0, 0.1) is 0 Å². The normalized spacial score (nSPS) is 10.8. The van der Waals surface area contributed by atoms with Crippen LogP contribution in [0.5, 0.6) is 5.75 Å². The fourth-order valence-corrected chi connectivity index (χ4v) is 3.45. The van der Waals surface area contributed by atoms with Crippen molar-refractivity contribution >= 4 is 50.2 Å². The summed E-state index contributed by atoms with van der Waals surface area (Å²) >= 11 is 9.58. The predicted octanol–water partition coefficient (Wildman–Crippen LogP) is 5.10. The van der Waals surface area contributed by atoms with E-state index in [1.807, 2.05) is 24.3 Å². The van der Waals surface area contributed by atoms with Crippen molar-refractivity contribution in [1.29, 1.82) is 0 Å². The molecule has 1 heterocycles. The zero-order chi connectivity index (χ0) is 19.7. The van der Waals surface area contributed by atoms with E-state index in [2.05, 4.69) is 31.4 Å². The van der Waals surface area contributed by atoms with Crippen molar-refractivity contribution in [3.8, 4) is 11.4 Å². The van der Waals surface area contributed by atoms with Gasteiger partial charge in [0.1, 0.15) is 16.8 Å². The molecule has 0 fully saturated rings. The van der Waals surface area contributed by atoms with Crippen molar-refractivity contribution in [2.75, 3.05) is 12.4 Å². The molecule has 1 aromatic heterocycles. The quantitative estimate of drug-likeness (QED) is 0.463. The number of aromatic nitrogens is 3. The van der Waals surface area contributed by atoms with Crippen LogP contribution in [0.2, 0.25) is 5.02 Å². The lowest BCUT2D eigenvalue weighted by molar-refractivity contribution is 0.102. The van der Waals surface area contributed by atoms with Crippen LogP contribution < -0.4 is 10.1 Å². The van der Waals surface area contributed by atoms with E-state index in [0.717, 1.165) is 4.47 Å². The average molecular weight is 458 g/mol. The molecule has 0 spiro atoms. The van der Waals surface area contributed by atoms with E-state index in [1.165, 1.54) is 4.80 Å². The van der Waals surface area contributed by atoms with Crippen LogP contribution in [0.1, 0.15) is 10.4 Å². The van der Waals surface area contributed by atoms with Gasteiger partial charge < -0.3 is 10.1 Å². The topological polar surface area (TPSA) is 69.0 Å². The lowest BCUT2D eigenvalue weighted by Gasteiger charge is -2.06. The fraction of sp³-hybridized carbons (Fsp3) is 0.0500. The number of carbonyl (C=O) groups is 1. The molecular weight excluding hydrogens is 444 g/mol. The molecule has 1 amide bonds. The number of fused-ring (bicyclic) bond motifs is 1. The molecule has 4 aromatic rings. The number of benzene rings is 3. The number of nitrogens with one attached hydrogen (secondary N) is 1. The van der Waals surface area contributed by atoms with E-state index in [-0.39, 0.29) is 5.91 Å². The molecule has 0 radical (unpaired) electrons. The van der Waals surface area contributed by atoms with Crippen molar-refractivity contribution in [3.63, 3.8) is 0 Å². The SMILES string of the molecule is COc1ccc(-n2nc3ccc(NC(=O)c4ccccc4Br)cc3n2)cc1Cl. The molecule has 3 aromatic carbocycles. The maximum absolute atomic E-state index is 12.5. The summed E-state index contributed by atoms with van der Waals surface area (Å²) in [4.78, 5) is 14.0. The molecular formula is C20H14BrClN4O2. The molecule has 8 heteroatoms. The first kappa shape index (κ1) is 18.5. The number of hydrogen-bond donors (Lipinski definition) is 1. The number of anilines is 1. The predicted molar refractivity (Wildman–Crippen MR) is 113 cm³/mol. The second kappa shape index (κ2) is 7.61. The van der Waals surface area contributed by atoms with Gasteiger partial charge in [0, 0.05) is 10.2 Å². The third-order valence-corrected chi connectivity index (χ3v) is 5.11. The Labute approximate surface area is 174 Å². The van der Waals surface area contributed by atoms with Crippen LogP contribution in [0.4, 0.5) is 5.69 Å². The third kappa shape index (κ3) is 3.58. The van der Waals surface area contributed by atoms with E-state index >= 15 is 0 Å². The third-order valence-electron chi connectivity index (χ3n) is 4.12. The number of methoxy groups -OCH3 is 1. The zero-order valence-electron chi connectivity index (χ0n) is 14.7. The van der Waals surface area contributed by atoms with Crippen LogP contribution in [-0.2, 0) is 0 Å². The standard InChI is InChI=1S/C20H14BrClN4O2/c1-28-19-9-7-13(11-16(19)22)26-24-17-8-6-12(10-18(17)25-26)23-20(27)14-4-2-3-5-15(14)21/h2-11H,1H3,(H,23,27). The highest BCUT2D eigenvalue weighted by Crippen LogP contribution is 2.27. The lowest BCUT2D eigenvalue weighted by Crippen LogP contribution is -2.12. The monoisotopic (exact) mass is 456 g/mol. The number of halogens is 2. The van der Waals surface area contributed by atoms with E-state index in [1.54, 1.807) is 43.5 Å². The van der Waals surface area contributed by atoms with Crippen molar-refractivity contribution in [2.45, 2.75) is 0 Å². The van der Waals surface area contributed by atoms with E-state index in [9.17, 15) is 4.79 Å². The molecule has 28 heavy (non-hydrogen) atoms. The molecule has 4 rings (SSSR count). The summed E-state index contributed by atoms with van der Waals surface area (Å²) in [6, 6.07) is 17.9. The minimum absolute atomic E-state index is 0.207. The molecule has 140 valence electrons. The van der Waals surface area contributed by atoms with Gasteiger partial charge in [-0.3, -0.25) is 4.79 Å². The number of rotatable bonds is 4. The Balaban J connectivity index is 1.62. The van der Waals surface area contributed by atoms with Crippen molar-refractivity contribution in [2.24, 2.45) is 0 Å². The van der Waals surface area contributed by atoms with Gasteiger partial charge in [-0.05, 0) is 64.5 Å². The molecule has 0 saturated heterocycles. The van der Waals surface area contributed by atoms with Gasteiger partial charge in [0.05, 0.1) is 23.4 Å². The molecule has 0 atom stereocenters. The Morgan fingerprint density at radius 2 is 1.86 bits per heavy atom. The van der Waals surface area contributed by atoms with Gasteiger partial charge in [-0.1, -0.05) is 23.7 Å². The smallest absolute Gasteiger partial charge is 0.256 e. The van der Waals surface area contributed by atoms with Gasteiger partial charge in [0.25, 0.3) is 5.91 Å². The van der Waals surface area contributed by atoms with Gasteiger partial charge in [-0.25, -0.2) is 0 Å². The molecule has 1 N–H and O–H groups in total. The average Bonchev–Trinajstić information content (AvgIpc) is 3.11. The molecule has 0 bridgehead atoms. The Morgan fingerprint density at radius 3 is 2.61 bits per heavy atom. The molecule has 0 aliphatic rings. The largest absolute Gasteiger partial charge is 0.495 e. The highest BCUT2D eigenvalue weighted by Gasteiger charge is 2.12. The van der Waals surface area contributed by atoms with Gasteiger partial charge in [0.15, 0.2) is 0 Å². The Kier molecular flexibility index (Phi) is 5.02.